The summed E-state index contributed by atoms with van der Waals surface area (Å²) in [4.78, 5) is 17.8. The van der Waals surface area contributed by atoms with Crippen LogP contribution in [0.25, 0.3) is 10.9 Å². The Hall–Kier alpha value is -2.37. The number of nitrogens with zero attached hydrogens (tertiary/aromatic N) is 3. The third-order valence-electron chi connectivity index (χ3n) is 7.49. The van der Waals surface area contributed by atoms with Crippen molar-refractivity contribution in [3.8, 4) is 0 Å². The molecule has 0 radical (unpaired) electrons. The van der Waals surface area contributed by atoms with Gasteiger partial charge in [0, 0.05) is 67.7 Å². The van der Waals surface area contributed by atoms with Crippen LogP contribution in [0.5, 0.6) is 0 Å². The van der Waals surface area contributed by atoms with Crippen LogP contribution in [0.2, 0.25) is 5.02 Å². The highest BCUT2D eigenvalue weighted by molar-refractivity contribution is 6.34. The van der Waals surface area contributed by atoms with Gasteiger partial charge in [-0.15, -0.1) is 0 Å². The molecule has 2 aliphatic heterocycles. The molecule has 1 aromatic heterocycles. The lowest BCUT2D eigenvalue weighted by atomic mass is 9.71. The maximum Gasteiger partial charge on any atom is 0.255 e. The molecule has 2 saturated heterocycles. The second-order valence-electron chi connectivity index (χ2n) is 9.87. The molecule has 162 valence electrons. The Morgan fingerprint density at radius 2 is 1.68 bits per heavy atom. The van der Waals surface area contributed by atoms with E-state index >= 15 is 0 Å². The molecule has 2 aliphatic rings. The summed E-state index contributed by atoms with van der Waals surface area (Å²) in [5.41, 5.74) is 2.73. The Bertz CT molecular complexity index is 1150. The van der Waals surface area contributed by atoms with Crippen molar-refractivity contribution in [3.63, 3.8) is 0 Å². The highest BCUT2D eigenvalue weighted by Crippen LogP contribution is 2.52. The molecule has 0 aliphatic carbocycles. The van der Waals surface area contributed by atoms with Crippen LogP contribution in [0, 0.1) is 16.6 Å². The highest BCUT2D eigenvalue weighted by atomic mass is 35.5. The minimum Gasteiger partial charge on any atom is -0.351 e. The van der Waals surface area contributed by atoms with Crippen molar-refractivity contribution in [2.75, 3.05) is 26.2 Å². The quantitative estimate of drug-likeness (QED) is 0.577. The Kier molecular flexibility index (Phi) is 4.68. The number of likely N-dealkylation sites (tertiary alicyclic amines) is 2. The first-order valence-electron chi connectivity index (χ1n) is 10.7. The van der Waals surface area contributed by atoms with Gasteiger partial charge in [0.25, 0.3) is 5.91 Å². The van der Waals surface area contributed by atoms with Gasteiger partial charge in [-0.05, 0) is 35.9 Å². The van der Waals surface area contributed by atoms with E-state index in [-0.39, 0.29) is 22.6 Å². The monoisotopic (exact) mass is 439 g/mol. The molecule has 2 unspecified atom stereocenters. The average Bonchev–Trinajstić information content (AvgIpc) is 3.27. The van der Waals surface area contributed by atoms with Gasteiger partial charge >= 0.3 is 0 Å². The number of carbonyl (C=O) groups excluding carboxylic acids is 1. The van der Waals surface area contributed by atoms with E-state index in [2.05, 4.69) is 18.7 Å². The summed E-state index contributed by atoms with van der Waals surface area (Å²) < 4.78 is 15.2. The van der Waals surface area contributed by atoms with E-state index in [0.717, 1.165) is 36.1 Å². The van der Waals surface area contributed by atoms with Gasteiger partial charge in [-0.1, -0.05) is 37.6 Å². The van der Waals surface area contributed by atoms with Crippen molar-refractivity contribution >= 4 is 28.4 Å². The number of aryl methyl sites for hydroxylation is 1. The van der Waals surface area contributed by atoms with Gasteiger partial charge in [-0.3, -0.25) is 9.69 Å². The van der Waals surface area contributed by atoms with E-state index in [1.165, 1.54) is 12.1 Å². The normalized spacial score (nSPS) is 26.0. The highest BCUT2D eigenvalue weighted by Gasteiger charge is 2.58. The Morgan fingerprint density at radius 1 is 1.03 bits per heavy atom. The van der Waals surface area contributed by atoms with Gasteiger partial charge in [0.2, 0.25) is 0 Å². The van der Waals surface area contributed by atoms with Crippen LogP contribution in [0.15, 0.2) is 48.7 Å². The summed E-state index contributed by atoms with van der Waals surface area (Å²) >= 11 is 6.52. The molecule has 2 aromatic carbocycles. The van der Waals surface area contributed by atoms with E-state index in [4.69, 9.17) is 11.6 Å². The number of carbonyl (C=O) groups is 1. The summed E-state index contributed by atoms with van der Waals surface area (Å²) in [6, 6.07) is 12.6. The van der Waals surface area contributed by atoms with Gasteiger partial charge in [-0.2, -0.15) is 0 Å². The molecule has 0 spiro atoms. The first kappa shape index (κ1) is 20.5. The van der Waals surface area contributed by atoms with Gasteiger partial charge in [-0.25, -0.2) is 4.39 Å². The van der Waals surface area contributed by atoms with Crippen LogP contribution in [-0.4, -0.2) is 46.5 Å². The minimum absolute atomic E-state index is 0.00597. The lowest BCUT2D eigenvalue weighted by Crippen LogP contribution is -2.35. The molecule has 0 bridgehead atoms. The molecule has 1 amide bonds. The minimum atomic E-state index is -0.206. The van der Waals surface area contributed by atoms with E-state index in [9.17, 15) is 9.18 Å². The zero-order valence-electron chi connectivity index (χ0n) is 18.2. The Morgan fingerprint density at radius 3 is 2.32 bits per heavy atom. The molecule has 0 saturated carbocycles. The predicted molar refractivity (Wildman–Crippen MR) is 122 cm³/mol. The van der Waals surface area contributed by atoms with Crippen LogP contribution < -0.4 is 0 Å². The summed E-state index contributed by atoms with van der Waals surface area (Å²) in [6.07, 6.45) is 1.98. The van der Waals surface area contributed by atoms with E-state index in [1.54, 1.807) is 0 Å². The number of halogens is 2. The fraction of sp³-hybridized carbons (Fsp3) is 0.400. The molecule has 4 nitrogen and oxygen atoms in total. The molecule has 3 heterocycles. The zero-order valence-corrected chi connectivity index (χ0v) is 18.9. The van der Waals surface area contributed by atoms with Crippen LogP contribution in [0.1, 0.15) is 29.8 Å². The fourth-order valence-corrected chi connectivity index (χ4v) is 5.77. The van der Waals surface area contributed by atoms with Gasteiger partial charge in [0.05, 0.1) is 10.6 Å². The molecular formula is C25H27ClFN3O. The molecule has 0 N–H and O–H groups in total. The van der Waals surface area contributed by atoms with E-state index in [1.807, 2.05) is 53.0 Å². The van der Waals surface area contributed by atoms with Crippen molar-refractivity contribution in [2.24, 2.45) is 17.9 Å². The maximum absolute atomic E-state index is 13.4. The molecule has 3 aromatic rings. The third-order valence-corrected chi connectivity index (χ3v) is 7.81. The standard InChI is InChI=1S/C25H27ClFN3O/c1-24-13-29(12-17-4-6-19(27)7-5-17)14-25(24,2)16-30(15-24)23(31)20-10-18-8-9-28(3)22(18)11-21(20)26/h4-11H,12-16H2,1-3H3. The SMILES string of the molecule is Cn1ccc2cc(C(=O)N3CC4(C)CN(Cc5ccc(F)cc5)CC4(C)C3)c(Cl)cc21. The molecule has 31 heavy (non-hydrogen) atoms. The lowest BCUT2D eigenvalue weighted by molar-refractivity contribution is 0.0757. The first-order valence-corrected chi connectivity index (χ1v) is 11.1. The zero-order chi connectivity index (χ0) is 22.0. The topological polar surface area (TPSA) is 28.5 Å². The van der Waals surface area contributed by atoms with Crippen molar-refractivity contribution in [2.45, 2.75) is 20.4 Å². The number of rotatable bonds is 3. The molecular weight excluding hydrogens is 413 g/mol. The first-order chi connectivity index (χ1) is 14.7. The fourth-order valence-electron chi connectivity index (χ4n) is 5.53. The van der Waals surface area contributed by atoms with Gasteiger partial charge in [0.1, 0.15) is 5.82 Å². The molecule has 6 heteroatoms. The molecule has 5 rings (SSSR count). The third kappa shape index (κ3) is 3.35. The van der Waals surface area contributed by atoms with Crippen molar-refractivity contribution in [1.82, 2.24) is 14.4 Å². The summed E-state index contributed by atoms with van der Waals surface area (Å²) in [5, 5.41) is 1.53. The smallest absolute Gasteiger partial charge is 0.255 e. The van der Waals surface area contributed by atoms with Gasteiger partial charge in [0.15, 0.2) is 0 Å². The van der Waals surface area contributed by atoms with Crippen molar-refractivity contribution < 1.29 is 9.18 Å². The van der Waals surface area contributed by atoms with Crippen LogP contribution >= 0.6 is 11.6 Å². The second kappa shape index (κ2) is 7.07. The lowest BCUT2D eigenvalue weighted by Gasteiger charge is -2.30. The number of hydrogen-bond donors (Lipinski definition) is 0. The average molecular weight is 440 g/mol. The Balaban J connectivity index is 1.34. The van der Waals surface area contributed by atoms with Crippen molar-refractivity contribution in [3.05, 3.63) is 70.6 Å². The number of aromatic nitrogens is 1. The maximum atomic E-state index is 13.4. The number of hydrogen-bond acceptors (Lipinski definition) is 2. The largest absolute Gasteiger partial charge is 0.351 e. The number of fused-ring (bicyclic) bond motifs is 2. The van der Waals surface area contributed by atoms with E-state index < -0.39 is 0 Å². The summed E-state index contributed by atoms with van der Waals surface area (Å²) in [5.74, 6) is -0.194. The summed E-state index contributed by atoms with van der Waals surface area (Å²) in [6.45, 7) is 8.62. The van der Waals surface area contributed by atoms with Crippen LogP contribution in [-0.2, 0) is 13.6 Å². The number of amides is 1. The van der Waals surface area contributed by atoms with Crippen LogP contribution in [0.3, 0.4) is 0 Å². The van der Waals surface area contributed by atoms with Crippen molar-refractivity contribution in [1.29, 1.82) is 0 Å². The predicted octanol–water partition coefficient (Wildman–Crippen LogP) is 4.96. The molecule has 2 fully saturated rings. The summed E-state index contributed by atoms with van der Waals surface area (Å²) in [7, 11) is 1.97. The Labute approximate surface area is 187 Å². The second-order valence-corrected chi connectivity index (χ2v) is 10.3. The molecule has 2 atom stereocenters. The van der Waals surface area contributed by atoms with E-state index in [0.29, 0.717) is 23.7 Å². The number of benzene rings is 2. The van der Waals surface area contributed by atoms with Gasteiger partial charge < -0.3 is 9.47 Å². The van der Waals surface area contributed by atoms with Crippen LogP contribution in [0.4, 0.5) is 4.39 Å².